The second kappa shape index (κ2) is 63.2. The number of ketones is 10. The molecule has 0 aromatic carbocycles. The van der Waals surface area contributed by atoms with Crippen LogP contribution >= 0.6 is 0 Å². The summed E-state index contributed by atoms with van der Waals surface area (Å²) in [7, 11) is 4.42. The van der Waals surface area contributed by atoms with E-state index in [4.69, 9.17) is 0 Å². The Morgan fingerprint density at radius 3 is 0.480 bits per heavy atom. The normalized spacial score (nSPS) is 14.7. The highest BCUT2D eigenvalue weighted by atomic mass is 16.2. The van der Waals surface area contributed by atoms with Gasteiger partial charge in [0.05, 0.1) is 48.3 Å². The first kappa shape index (κ1) is 127. The SMILES string of the molecule is CCCC(NC(C)(C)C)C(=O)C(=O)NC.CCCC(NC(C)(C)C)C(=O)C(=O)NC1CC1.CCCC(NC(C)(C)C)C(=O)C(=O)NCC.CCCC(NC(C)(C)C)C(=O)C(C)=O.CCC[C@H](NC(C)(C)C)C(=O)C(=O)NC.CCC[C@H](NC(C)(C)C)C(=O)C(=O)NC.CCC[C@H](NC(C)(C)C)C(=O)C(=O)NC1CC1.CCC[C@H](NC(C)(C)C)C(=O)C(C)=O. The summed E-state index contributed by atoms with van der Waals surface area (Å²) in [6.07, 6.45) is 16.6. The van der Waals surface area contributed by atoms with Gasteiger partial charge in [-0.05, 0) is 250 Å². The van der Waals surface area contributed by atoms with E-state index < -0.39 is 35.4 Å². The number of nitrogens with one attached hydrogen (secondary N) is 14. The first-order valence-electron chi connectivity index (χ1n) is 45.1. The number of likely N-dealkylation sites (N-methyl/N-ethyl adjacent to an activating group) is 4. The number of Topliss-reactive ketones (excluding diaryl/α,β-unsaturated/α-hetero) is 10. The Morgan fingerprint density at radius 1 is 0.228 bits per heavy atom. The third kappa shape index (κ3) is 71.0. The average molecular weight is 1750 g/mol. The van der Waals surface area contributed by atoms with Crippen molar-refractivity contribution in [1.29, 1.82) is 0 Å². The van der Waals surface area contributed by atoms with Gasteiger partial charge in [0.15, 0.2) is 11.6 Å². The van der Waals surface area contributed by atoms with Gasteiger partial charge in [-0.3, -0.25) is 76.7 Å². The zero-order valence-corrected chi connectivity index (χ0v) is 84.2. The Bertz CT molecular complexity index is 2980. The highest BCUT2D eigenvalue weighted by Crippen LogP contribution is 2.21. The minimum atomic E-state index is -0.523. The summed E-state index contributed by atoms with van der Waals surface area (Å²) >= 11 is 0. The van der Waals surface area contributed by atoms with Gasteiger partial charge in [0.25, 0.3) is 35.4 Å². The summed E-state index contributed by atoms with van der Waals surface area (Å²) in [6.45, 7) is 68.7. The Morgan fingerprint density at radius 2 is 0.366 bits per heavy atom. The lowest BCUT2D eigenvalue weighted by Gasteiger charge is -2.27. The van der Waals surface area contributed by atoms with E-state index in [1.807, 2.05) is 222 Å². The van der Waals surface area contributed by atoms with Crippen molar-refractivity contribution in [3.8, 4) is 0 Å². The van der Waals surface area contributed by atoms with Crippen LogP contribution < -0.4 is 74.4 Å². The zero-order valence-electron chi connectivity index (χ0n) is 84.2. The van der Waals surface area contributed by atoms with E-state index in [2.05, 4.69) is 74.4 Å². The molecule has 2 rings (SSSR count). The molecule has 30 heteroatoms. The molecule has 0 heterocycles. The quantitative estimate of drug-likeness (QED) is 0.0252. The molecule has 6 amide bonds. The third-order valence-electron chi connectivity index (χ3n) is 16.9. The lowest BCUT2D eigenvalue weighted by molar-refractivity contribution is -0.139. The molecule has 4 unspecified atom stereocenters. The minimum Gasteiger partial charge on any atom is -0.353 e. The van der Waals surface area contributed by atoms with Crippen LogP contribution in [0.2, 0.25) is 0 Å². The summed E-state index contributed by atoms with van der Waals surface area (Å²) in [4.78, 5) is 184. The highest BCUT2D eigenvalue weighted by Gasteiger charge is 2.36. The average Bonchev–Trinajstić information content (AvgIpc) is 1.51. The lowest BCUT2D eigenvalue weighted by atomic mass is 10.00. The molecule has 30 nitrogen and oxygen atoms in total. The van der Waals surface area contributed by atoms with Crippen molar-refractivity contribution in [2.24, 2.45) is 0 Å². The minimum absolute atomic E-state index is 0.134. The summed E-state index contributed by atoms with van der Waals surface area (Å²) in [5, 5.41) is 40.6. The summed E-state index contributed by atoms with van der Waals surface area (Å²) < 4.78 is 0. The fourth-order valence-electron chi connectivity index (χ4n) is 11.7. The predicted octanol–water partition coefficient (Wildman–Crippen LogP) is 10.0. The van der Waals surface area contributed by atoms with Crippen molar-refractivity contribution in [3.05, 3.63) is 0 Å². The van der Waals surface area contributed by atoms with Gasteiger partial charge in [-0.15, -0.1) is 0 Å². The van der Waals surface area contributed by atoms with Crippen LogP contribution in [-0.2, 0) is 76.7 Å². The molecule has 0 bridgehead atoms. The molecule has 2 aliphatic rings. The molecule has 2 saturated carbocycles. The van der Waals surface area contributed by atoms with Crippen LogP contribution in [0.5, 0.6) is 0 Å². The Hall–Kier alpha value is -6.80. The Kier molecular flexibility index (Phi) is 65.2. The molecule has 718 valence electrons. The maximum Gasteiger partial charge on any atom is 0.289 e. The fourth-order valence-corrected chi connectivity index (χ4v) is 11.7. The van der Waals surface area contributed by atoms with Crippen LogP contribution in [0, 0.1) is 0 Å². The topological polar surface area (TPSA) is 442 Å². The number of rotatable bonds is 43. The highest BCUT2D eigenvalue weighted by molar-refractivity contribution is 6.41. The van der Waals surface area contributed by atoms with Crippen LogP contribution in [0.15, 0.2) is 0 Å². The number of hydrogen-bond acceptors (Lipinski definition) is 24. The monoisotopic (exact) mass is 1750 g/mol. The lowest BCUT2D eigenvalue weighted by Crippen LogP contribution is -2.52. The molecule has 0 spiro atoms. The summed E-state index contributed by atoms with van der Waals surface area (Å²) in [5.41, 5.74) is -1.24. The van der Waals surface area contributed by atoms with Gasteiger partial charge in [-0.25, -0.2) is 0 Å². The predicted molar refractivity (Wildman–Crippen MR) is 497 cm³/mol. The third-order valence-corrected chi connectivity index (χ3v) is 16.9. The number of hydrogen-bond donors (Lipinski definition) is 14. The molecule has 14 N–H and O–H groups in total. The van der Waals surface area contributed by atoms with E-state index in [0.29, 0.717) is 45.1 Å². The van der Waals surface area contributed by atoms with E-state index in [0.717, 1.165) is 89.9 Å². The van der Waals surface area contributed by atoms with Crippen molar-refractivity contribution in [2.75, 3.05) is 27.7 Å². The van der Waals surface area contributed by atoms with E-state index in [1.165, 1.54) is 35.0 Å². The maximum atomic E-state index is 12.0. The van der Waals surface area contributed by atoms with Gasteiger partial charge in [-0.1, -0.05) is 107 Å². The molecule has 8 atom stereocenters. The summed E-state index contributed by atoms with van der Waals surface area (Å²) in [5.74, 6) is -6.40. The van der Waals surface area contributed by atoms with Gasteiger partial charge >= 0.3 is 0 Å². The van der Waals surface area contributed by atoms with Crippen LogP contribution in [-0.4, -0.2) is 226 Å². The fraction of sp³-hybridized carbons (Fsp3) is 0.828. The van der Waals surface area contributed by atoms with Crippen LogP contribution in [0.25, 0.3) is 0 Å². The maximum absolute atomic E-state index is 12.0. The molecule has 2 aliphatic carbocycles. The Labute approximate surface area is 744 Å². The summed E-state index contributed by atoms with van der Waals surface area (Å²) in [6, 6.07) is -2.41. The second-order valence-electron chi connectivity index (χ2n) is 40.0. The van der Waals surface area contributed by atoms with E-state index in [9.17, 15) is 76.7 Å². The van der Waals surface area contributed by atoms with Crippen LogP contribution in [0.3, 0.4) is 0 Å². The molecule has 0 aliphatic heterocycles. The smallest absolute Gasteiger partial charge is 0.289 e. The number of carbonyl (C=O) groups is 16. The molecule has 2 fully saturated rings. The van der Waals surface area contributed by atoms with Crippen molar-refractivity contribution < 1.29 is 76.7 Å². The van der Waals surface area contributed by atoms with Crippen molar-refractivity contribution in [1.82, 2.24) is 74.4 Å². The standard InChI is InChI=1S/2C13H24N2O2.C12H24N2O2.3C11H22N2O2.2C11H21NO2/c2*1-5-6-10(15-13(2,3)4)11(16)12(17)14-9-7-8-9;1-6-8-9(14-12(3,4)5)10(15)11(16)13-7-2;3*1-6-7-8(13-11(2,3)4)9(14)10(15)12-5;2*1-6-7-9(10(14)8(2)13)12-11(3,4)5/h2*9-10,15H,5-8H2,1-4H3,(H,14,17);9,14H,6-8H2,1-5H3,(H,13,16);3*8,13H,6-7H2,1-5H3,(H,12,15);2*9,12H,6-7H2,1-5H3/t10-;;;2*8-;;9-;/m0..00.0./s1. The first-order valence-corrected chi connectivity index (χ1v) is 45.1. The Balaban J connectivity index is -0.000000318. The molecular weight excluding hydrogens is 1570 g/mol. The van der Waals surface area contributed by atoms with Crippen LogP contribution in [0.1, 0.15) is 371 Å². The van der Waals surface area contributed by atoms with Crippen LogP contribution in [0.4, 0.5) is 0 Å². The molecule has 0 saturated heterocycles. The van der Waals surface area contributed by atoms with Gasteiger partial charge in [-0.2, -0.15) is 0 Å². The number of amides is 6. The zero-order chi connectivity index (χ0) is 97.8. The van der Waals surface area contributed by atoms with E-state index in [1.54, 1.807) is 6.92 Å². The molecule has 123 heavy (non-hydrogen) atoms. The van der Waals surface area contributed by atoms with Gasteiger partial charge in [0, 0.05) is 97.9 Å². The van der Waals surface area contributed by atoms with Gasteiger partial charge in [0.2, 0.25) is 46.3 Å². The van der Waals surface area contributed by atoms with Crippen molar-refractivity contribution in [3.63, 3.8) is 0 Å². The van der Waals surface area contributed by atoms with Crippen molar-refractivity contribution >= 4 is 93.3 Å². The number of carbonyl (C=O) groups excluding carboxylic acids is 16. The molecule has 0 aromatic rings. The largest absolute Gasteiger partial charge is 0.353 e. The van der Waals surface area contributed by atoms with Crippen molar-refractivity contribution in [2.45, 2.75) is 475 Å². The molecule has 0 aromatic heterocycles. The van der Waals surface area contributed by atoms with E-state index >= 15 is 0 Å². The van der Waals surface area contributed by atoms with E-state index in [-0.39, 0.29) is 163 Å². The first-order chi connectivity index (χ1) is 56.0. The second-order valence-corrected chi connectivity index (χ2v) is 40.0. The van der Waals surface area contributed by atoms with Gasteiger partial charge < -0.3 is 74.4 Å². The molecule has 0 radical (unpaired) electrons. The van der Waals surface area contributed by atoms with Gasteiger partial charge in [0.1, 0.15) is 0 Å². The molecular formula is C93H180N14O16.